The van der Waals surface area contributed by atoms with Crippen molar-refractivity contribution in [2.75, 3.05) is 33.5 Å². The number of ether oxygens (including phenoxy) is 3. The Kier molecular flexibility index (Phi) is 10.9. The van der Waals surface area contributed by atoms with Gasteiger partial charge < -0.3 is 19.5 Å². The van der Waals surface area contributed by atoms with Crippen LogP contribution >= 0.6 is 28.3 Å². The largest absolute Gasteiger partial charge is 0.490 e. The topological polar surface area (TPSA) is 39.7 Å². The van der Waals surface area contributed by atoms with Gasteiger partial charge >= 0.3 is 0 Å². The number of benzene rings is 1. The van der Waals surface area contributed by atoms with E-state index in [9.17, 15) is 0 Å². The molecule has 20 heavy (non-hydrogen) atoms. The van der Waals surface area contributed by atoms with Crippen LogP contribution in [0.1, 0.15) is 19.4 Å². The van der Waals surface area contributed by atoms with Crippen LogP contribution in [0.15, 0.2) is 16.6 Å². The van der Waals surface area contributed by atoms with Crippen molar-refractivity contribution in [2.45, 2.75) is 20.4 Å². The summed E-state index contributed by atoms with van der Waals surface area (Å²) in [5, 5.41) is 3.31. The third-order valence-electron chi connectivity index (χ3n) is 2.47. The van der Waals surface area contributed by atoms with E-state index >= 15 is 0 Å². The van der Waals surface area contributed by atoms with E-state index in [1.165, 1.54) is 0 Å². The molecule has 0 aromatic heterocycles. The predicted molar refractivity (Wildman–Crippen MR) is 87.3 cm³/mol. The molecule has 0 saturated heterocycles. The van der Waals surface area contributed by atoms with Crippen LogP contribution in [0.5, 0.6) is 11.5 Å². The fraction of sp³-hybridized carbons (Fsp3) is 0.571. The van der Waals surface area contributed by atoms with Gasteiger partial charge in [-0.15, -0.1) is 12.4 Å². The summed E-state index contributed by atoms with van der Waals surface area (Å²) in [4.78, 5) is 0. The summed E-state index contributed by atoms with van der Waals surface area (Å²) in [5.74, 6) is 1.55. The van der Waals surface area contributed by atoms with E-state index in [2.05, 4.69) is 21.2 Å². The van der Waals surface area contributed by atoms with E-state index in [1.54, 1.807) is 7.11 Å². The molecule has 0 aliphatic carbocycles. The Morgan fingerprint density at radius 3 is 2.45 bits per heavy atom. The molecule has 1 aromatic carbocycles. The van der Waals surface area contributed by atoms with Gasteiger partial charge in [0.15, 0.2) is 11.5 Å². The second kappa shape index (κ2) is 11.2. The zero-order valence-electron chi connectivity index (χ0n) is 12.2. The predicted octanol–water partition coefficient (Wildman–Crippen LogP) is 3.40. The molecule has 1 aromatic rings. The Morgan fingerprint density at radius 1 is 1.15 bits per heavy atom. The first kappa shape index (κ1) is 19.5. The highest BCUT2D eigenvalue weighted by Gasteiger charge is 2.11. The van der Waals surface area contributed by atoms with Gasteiger partial charge in [-0.1, -0.05) is 0 Å². The highest BCUT2D eigenvalue weighted by Crippen LogP contribution is 2.36. The van der Waals surface area contributed by atoms with Crippen LogP contribution in [0.25, 0.3) is 0 Å². The van der Waals surface area contributed by atoms with Gasteiger partial charge in [0.25, 0.3) is 0 Å². The summed E-state index contributed by atoms with van der Waals surface area (Å²) in [5.41, 5.74) is 1.15. The summed E-state index contributed by atoms with van der Waals surface area (Å²) in [6.07, 6.45) is 0. The second-order valence-electron chi connectivity index (χ2n) is 3.94. The Morgan fingerprint density at radius 2 is 1.85 bits per heavy atom. The quantitative estimate of drug-likeness (QED) is 0.678. The highest BCUT2D eigenvalue weighted by atomic mass is 79.9. The lowest BCUT2D eigenvalue weighted by Gasteiger charge is -2.15. The average molecular weight is 369 g/mol. The van der Waals surface area contributed by atoms with Crippen LogP contribution in [0.3, 0.4) is 0 Å². The molecule has 0 atom stereocenters. The van der Waals surface area contributed by atoms with E-state index in [0.717, 1.165) is 34.6 Å². The van der Waals surface area contributed by atoms with Crippen molar-refractivity contribution in [3.8, 4) is 11.5 Å². The first-order valence-electron chi connectivity index (χ1n) is 6.50. The first-order valence-corrected chi connectivity index (χ1v) is 7.29. The molecule has 1 rings (SSSR count). The van der Waals surface area contributed by atoms with Crippen LogP contribution < -0.4 is 14.8 Å². The lowest BCUT2D eigenvalue weighted by Crippen LogP contribution is -2.18. The normalized spacial score (nSPS) is 10.0. The van der Waals surface area contributed by atoms with Crippen LogP contribution in [0.4, 0.5) is 0 Å². The van der Waals surface area contributed by atoms with Crippen molar-refractivity contribution in [3.63, 3.8) is 0 Å². The maximum Gasteiger partial charge on any atom is 0.175 e. The fourth-order valence-corrected chi connectivity index (χ4v) is 2.28. The molecular weight excluding hydrogens is 346 g/mol. The third-order valence-corrected chi connectivity index (χ3v) is 3.06. The SMILES string of the molecule is CCOc1cc(CNCCOC)cc(Br)c1OCC.Cl. The standard InChI is InChI=1S/C14H22BrNO3.ClH/c1-4-18-13-9-11(10-16-6-7-17-3)8-12(15)14(13)19-5-2;/h8-9,16H,4-7,10H2,1-3H3;1H. The summed E-state index contributed by atoms with van der Waals surface area (Å²) >= 11 is 3.53. The van der Waals surface area contributed by atoms with Crippen LogP contribution in [0, 0.1) is 0 Å². The number of halogens is 2. The lowest BCUT2D eigenvalue weighted by molar-refractivity contribution is 0.199. The molecule has 1 N–H and O–H groups in total. The molecule has 0 amide bonds. The van der Waals surface area contributed by atoms with Crippen molar-refractivity contribution in [1.29, 1.82) is 0 Å². The van der Waals surface area contributed by atoms with E-state index < -0.39 is 0 Å². The zero-order valence-corrected chi connectivity index (χ0v) is 14.6. The Hall–Kier alpha value is -0.490. The van der Waals surface area contributed by atoms with Gasteiger partial charge in [-0.05, 0) is 47.5 Å². The minimum atomic E-state index is 0. The summed E-state index contributed by atoms with van der Waals surface area (Å²) in [6, 6.07) is 4.06. The molecule has 0 fully saturated rings. The number of methoxy groups -OCH3 is 1. The summed E-state index contributed by atoms with van der Waals surface area (Å²) in [7, 11) is 1.70. The molecule has 0 aliphatic rings. The third kappa shape index (κ3) is 6.31. The Balaban J connectivity index is 0.00000361. The Bertz CT molecular complexity index is 391. The van der Waals surface area contributed by atoms with Crippen LogP contribution in [0.2, 0.25) is 0 Å². The molecule has 116 valence electrons. The van der Waals surface area contributed by atoms with Crippen molar-refractivity contribution in [3.05, 3.63) is 22.2 Å². The van der Waals surface area contributed by atoms with Gasteiger partial charge in [-0.2, -0.15) is 0 Å². The molecule has 0 saturated carbocycles. The smallest absolute Gasteiger partial charge is 0.175 e. The van der Waals surface area contributed by atoms with Gasteiger partial charge in [0.2, 0.25) is 0 Å². The maximum atomic E-state index is 5.63. The highest BCUT2D eigenvalue weighted by molar-refractivity contribution is 9.10. The average Bonchev–Trinajstić information content (AvgIpc) is 2.39. The van der Waals surface area contributed by atoms with Gasteiger partial charge in [-0.25, -0.2) is 0 Å². The van der Waals surface area contributed by atoms with Gasteiger partial charge in [0.05, 0.1) is 24.3 Å². The molecule has 6 heteroatoms. The monoisotopic (exact) mass is 367 g/mol. The van der Waals surface area contributed by atoms with Gasteiger partial charge in [0.1, 0.15) is 0 Å². The van der Waals surface area contributed by atoms with Crippen molar-refractivity contribution < 1.29 is 14.2 Å². The van der Waals surface area contributed by atoms with Gasteiger partial charge in [-0.3, -0.25) is 0 Å². The molecule has 4 nitrogen and oxygen atoms in total. The van der Waals surface area contributed by atoms with Crippen LogP contribution in [-0.4, -0.2) is 33.5 Å². The molecule has 0 aliphatic heterocycles. The lowest BCUT2D eigenvalue weighted by atomic mass is 10.2. The fourth-order valence-electron chi connectivity index (χ4n) is 1.68. The molecule has 0 radical (unpaired) electrons. The minimum absolute atomic E-state index is 0. The summed E-state index contributed by atoms with van der Waals surface area (Å²) in [6.45, 7) is 7.46. The first-order chi connectivity index (χ1) is 9.22. The zero-order chi connectivity index (χ0) is 14.1. The minimum Gasteiger partial charge on any atom is -0.490 e. The number of rotatable bonds is 9. The molecular formula is C14H23BrClNO3. The van der Waals surface area contributed by atoms with Gasteiger partial charge in [0, 0.05) is 20.2 Å². The number of hydrogen-bond acceptors (Lipinski definition) is 4. The van der Waals surface area contributed by atoms with Crippen LogP contribution in [-0.2, 0) is 11.3 Å². The van der Waals surface area contributed by atoms with E-state index in [-0.39, 0.29) is 12.4 Å². The molecule has 0 bridgehead atoms. The van der Waals surface area contributed by atoms with Crippen molar-refractivity contribution in [2.24, 2.45) is 0 Å². The van der Waals surface area contributed by atoms with Crippen molar-refractivity contribution in [1.82, 2.24) is 5.32 Å². The van der Waals surface area contributed by atoms with E-state index in [0.29, 0.717) is 19.8 Å². The number of nitrogens with one attached hydrogen (secondary N) is 1. The van der Waals surface area contributed by atoms with E-state index in [4.69, 9.17) is 14.2 Å². The molecule has 0 spiro atoms. The summed E-state index contributed by atoms with van der Waals surface area (Å²) < 4.78 is 17.2. The van der Waals surface area contributed by atoms with Crippen molar-refractivity contribution >= 4 is 28.3 Å². The molecule has 0 unspecified atom stereocenters. The number of hydrogen-bond donors (Lipinski definition) is 1. The Labute approximate surface area is 135 Å². The van der Waals surface area contributed by atoms with E-state index in [1.807, 2.05) is 26.0 Å². The second-order valence-corrected chi connectivity index (χ2v) is 4.79. The maximum absolute atomic E-state index is 5.63. The molecule has 0 heterocycles.